The molecule has 35 heavy (non-hydrogen) atoms. The highest BCUT2D eigenvalue weighted by Gasteiger charge is 2.07. The second kappa shape index (κ2) is 16.7. The fourth-order valence-electron chi connectivity index (χ4n) is 2.52. The van der Waals surface area contributed by atoms with Crippen LogP contribution in [0.25, 0.3) is 0 Å². The molecular formula is C21H30Cl2N8O4. The molecule has 0 unspecified atom stereocenters. The summed E-state index contributed by atoms with van der Waals surface area (Å²) in [6, 6.07) is 10.7. The Kier molecular flexibility index (Phi) is 14.8. The predicted octanol–water partition coefficient (Wildman–Crippen LogP) is 1.61. The van der Waals surface area contributed by atoms with E-state index < -0.39 is 0 Å². The van der Waals surface area contributed by atoms with Crippen LogP contribution >= 0.6 is 24.8 Å². The number of methoxy groups -OCH3 is 2. The summed E-state index contributed by atoms with van der Waals surface area (Å²) >= 11 is 0. The molecule has 0 aromatic heterocycles. The molecule has 2 aromatic carbocycles. The lowest BCUT2D eigenvalue weighted by molar-refractivity contribution is 0.234. The van der Waals surface area contributed by atoms with Crippen LogP contribution in [-0.2, 0) is 0 Å². The third-order valence-corrected chi connectivity index (χ3v) is 3.94. The van der Waals surface area contributed by atoms with Crippen LogP contribution in [0.15, 0.2) is 56.8 Å². The molecule has 0 fully saturated rings. The Morgan fingerprint density at radius 1 is 0.686 bits per heavy atom. The van der Waals surface area contributed by atoms with Crippen LogP contribution in [0, 0.1) is 0 Å². The van der Waals surface area contributed by atoms with Crippen molar-refractivity contribution in [2.75, 3.05) is 27.4 Å². The number of nitrogens with two attached hydrogens (primary N) is 4. The molecule has 192 valence electrons. The molecule has 2 aromatic rings. The van der Waals surface area contributed by atoms with Crippen LogP contribution in [0.5, 0.6) is 23.0 Å². The fraction of sp³-hybridized carbons (Fsp3) is 0.238. The molecule has 0 bridgehead atoms. The van der Waals surface area contributed by atoms with E-state index >= 15 is 0 Å². The Labute approximate surface area is 215 Å². The molecular weight excluding hydrogens is 499 g/mol. The van der Waals surface area contributed by atoms with Gasteiger partial charge in [0.2, 0.25) is 11.9 Å². The summed E-state index contributed by atoms with van der Waals surface area (Å²) in [5.41, 5.74) is 22.5. The highest BCUT2D eigenvalue weighted by atomic mass is 35.5. The minimum atomic E-state index is -0.126. The molecule has 0 radical (unpaired) electrons. The lowest BCUT2D eigenvalue weighted by Crippen LogP contribution is -2.21. The van der Waals surface area contributed by atoms with Crippen molar-refractivity contribution in [2.24, 2.45) is 43.3 Å². The SMILES string of the molecule is COc1ccc(C=NN=C(N)N)cc1OCCCOc1cc(C=NN=C(N)N)ccc1OC.Cl.Cl. The average molecular weight is 529 g/mol. The van der Waals surface area contributed by atoms with Gasteiger partial charge in [0.05, 0.1) is 39.9 Å². The van der Waals surface area contributed by atoms with Crippen molar-refractivity contribution in [1.82, 2.24) is 0 Å². The Morgan fingerprint density at radius 3 is 1.43 bits per heavy atom. The van der Waals surface area contributed by atoms with Crippen LogP contribution in [0.2, 0.25) is 0 Å². The minimum Gasteiger partial charge on any atom is -0.493 e. The van der Waals surface area contributed by atoms with Gasteiger partial charge in [-0.25, -0.2) is 0 Å². The Morgan fingerprint density at radius 2 is 1.09 bits per heavy atom. The van der Waals surface area contributed by atoms with Gasteiger partial charge in [-0.2, -0.15) is 10.2 Å². The first-order chi connectivity index (χ1) is 15.9. The second-order valence-corrected chi connectivity index (χ2v) is 6.41. The van der Waals surface area contributed by atoms with E-state index in [1.807, 2.05) is 0 Å². The molecule has 8 N–H and O–H groups in total. The summed E-state index contributed by atoms with van der Waals surface area (Å²) < 4.78 is 22.4. The number of hydrogen-bond donors (Lipinski definition) is 4. The quantitative estimate of drug-likeness (QED) is 0.138. The summed E-state index contributed by atoms with van der Waals surface area (Å²) in [5, 5.41) is 14.7. The van der Waals surface area contributed by atoms with Crippen molar-refractivity contribution in [3.8, 4) is 23.0 Å². The highest BCUT2D eigenvalue weighted by molar-refractivity contribution is 5.86. The third-order valence-electron chi connectivity index (χ3n) is 3.94. The van der Waals surface area contributed by atoms with Crippen LogP contribution in [0.4, 0.5) is 0 Å². The molecule has 0 amide bonds. The average Bonchev–Trinajstić information content (AvgIpc) is 2.78. The zero-order valence-corrected chi connectivity index (χ0v) is 20.9. The third kappa shape index (κ3) is 11.2. The Balaban J connectivity index is 0.00000578. The normalized spacial score (nSPS) is 10.1. The van der Waals surface area contributed by atoms with Crippen LogP contribution in [-0.4, -0.2) is 51.8 Å². The van der Waals surface area contributed by atoms with Gasteiger partial charge in [0, 0.05) is 6.42 Å². The number of nitrogens with zero attached hydrogens (tertiary/aromatic N) is 4. The molecule has 0 saturated carbocycles. The second-order valence-electron chi connectivity index (χ2n) is 6.41. The summed E-state index contributed by atoms with van der Waals surface area (Å²) in [4.78, 5) is 0. The van der Waals surface area contributed by atoms with E-state index in [4.69, 9.17) is 41.9 Å². The molecule has 0 aliphatic carbocycles. The van der Waals surface area contributed by atoms with Crippen molar-refractivity contribution in [2.45, 2.75) is 6.42 Å². The van der Waals surface area contributed by atoms with E-state index in [9.17, 15) is 0 Å². The fourth-order valence-corrected chi connectivity index (χ4v) is 2.52. The van der Waals surface area contributed by atoms with Crippen molar-refractivity contribution < 1.29 is 18.9 Å². The molecule has 0 atom stereocenters. The number of ether oxygens (including phenoxy) is 4. The summed E-state index contributed by atoms with van der Waals surface area (Å²) in [6.07, 6.45) is 3.61. The van der Waals surface area contributed by atoms with E-state index in [-0.39, 0.29) is 36.7 Å². The van der Waals surface area contributed by atoms with Gasteiger partial charge in [0.25, 0.3) is 0 Å². The van der Waals surface area contributed by atoms with Crippen molar-refractivity contribution in [3.63, 3.8) is 0 Å². The summed E-state index contributed by atoms with van der Waals surface area (Å²) in [6.45, 7) is 0.775. The first kappa shape index (κ1) is 31.1. The highest BCUT2D eigenvalue weighted by Crippen LogP contribution is 2.29. The van der Waals surface area contributed by atoms with Crippen LogP contribution in [0.3, 0.4) is 0 Å². The van der Waals surface area contributed by atoms with Crippen molar-refractivity contribution >= 4 is 49.2 Å². The zero-order chi connectivity index (χ0) is 24.1. The van der Waals surface area contributed by atoms with Crippen molar-refractivity contribution in [3.05, 3.63) is 47.5 Å². The van der Waals surface area contributed by atoms with Gasteiger partial charge < -0.3 is 41.9 Å². The van der Waals surface area contributed by atoms with Crippen LogP contribution < -0.4 is 41.9 Å². The van der Waals surface area contributed by atoms with Gasteiger partial charge in [-0.15, -0.1) is 35.0 Å². The molecule has 0 heterocycles. The van der Waals surface area contributed by atoms with E-state index in [0.717, 1.165) is 11.1 Å². The topological polar surface area (TPSA) is 190 Å². The molecule has 2 rings (SSSR count). The van der Waals surface area contributed by atoms with Crippen LogP contribution in [0.1, 0.15) is 17.5 Å². The molecule has 0 aliphatic heterocycles. The minimum absolute atomic E-state index is 0. The van der Waals surface area contributed by atoms with E-state index in [0.29, 0.717) is 42.6 Å². The van der Waals surface area contributed by atoms with E-state index in [1.54, 1.807) is 50.6 Å². The van der Waals surface area contributed by atoms with Gasteiger partial charge in [-0.05, 0) is 47.5 Å². The lowest BCUT2D eigenvalue weighted by Gasteiger charge is -2.13. The van der Waals surface area contributed by atoms with Gasteiger partial charge >= 0.3 is 0 Å². The van der Waals surface area contributed by atoms with E-state index in [1.165, 1.54) is 12.4 Å². The number of guanidine groups is 2. The number of benzene rings is 2. The van der Waals surface area contributed by atoms with Gasteiger partial charge in [-0.1, -0.05) is 0 Å². The zero-order valence-electron chi connectivity index (χ0n) is 19.3. The Bertz CT molecular complexity index is 958. The standard InChI is InChI=1S/C21H28N8O4.2ClH/c1-30-16-6-4-14(12-26-28-20(22)23)10-18(16)32-8-3-9-33-19-11-15(5-7-17(19)31-2)13-27-29-21(24)25;;/h4-7,10-13H,3,8-9H2,1-2H3,(H4,22,23,28)(H4,24,25,29);2*1H. The molecule has 0 spiro atoms. The Hall–Kier alpha value is -3.90. The maximum Gasteiger partial charge on any atom is 0.211 e. The molecule has 12 nitrogen and oxygen atoms in total. The number of halogens is 2. The maximum atomic E-state index is 5.85. The molecule has 14 heteroatoms. The number of rotatable bonds is 12. The van der Waals surface area contributed by atoms with Gasteiger partial charge in [0.1, 0.15) is 0 Å². The monoisotopic (exact) mass is 528 g/mol. The number of hydrogen-bond acceptors (Lipinski definition) is 8. The molecule has 0 saturated heterocycles. The van der Waals surface area contributed by atoms with Gasteiger partial charge in [-0.3, -0.25) is 0 Å². The maximum absolute atomic E-state index is 5.85. The van der Waals surface area contributed by atoms with Gasteiger partial charge in [0.15, 0.2) is 23.0 Å². The lowest BCUT2D eigenvalue weighted by atomic mass is 10.2. The molecule has 0 aliphatic rings. The van der Waals surface area contributed by atoms with Crippen molar-refractivity contribution in [1.29, 1.82) is 0 Å². The predicted molar refractivity (Wildman–Crippen MR) is 143 cm³/mol. The largest absolute Gasteiger partial charge is 0.493 e. The summed E-state index contributed by atoms with van der Waals surface area (Å²) in [5.74, 6) is 2.04. The first-order valence-corrected chi connectivity index (χ1v) is 9.78. The van der Waals surface area contributed by atoms with E-state index in [2.05, 4.69) is 20.4 Å². The first-order valence-electron chi connectivity index (χ1n) is 9.78. The summed E-state index contributed by atoms with van der Waals surface area (Å²) in [7, 11) is 3.13. The smallest absolute Gasteiger partial charge is 0.211 e.